The maximum atomic E-state index is 11.3. The first-order valence-corrected chi connectivity index (χ1v) is 8.57. The van der Waals surface area contributed by atoms with Crippen molar-refractivity contribution in [2.24, 2.45) is 0 Å². The van der Waals surface area contributed by atoms with E-state index in [1.165, 1.54) is 0 Å². The van der Waals surface area contributed by atoms with Crippen molar-refractivity contribution in [1.82, 2.24) is 0 Å². The molecule has 3 N–H and O–H groups in total. The molecule has 10 heteroatoms. The van der Waals surface area contributed by atoms with Crippen LogP contribution in [0, 0.1) is 0 Å². The SMILES string of the molecule is CC(C)=CCC/C(C)=C/C(=O)OP(=O)(O)OP(=O)(O)O. The average Bonchev–Trinajstić information content (AvgIpc) is 2.10. The van der Waals surface area contributed by atoms with E-state index in [1.807, 2.05) is 19.9 Å². The van der Waals surface area contributed by atoms with Gasteiger partial charge in [0, 0.05) is 6.08 Å². The number of phosphoric ester groups is 1. The molecule has 116 valence electrons. The lowest BCUT2D eigenvalue weighted by molar-refractivity contribution is -0.130. The maximum Gasteiger partial charge on any atom is 0.538 e. The predicted molar refractivity (Wildman–Crippen MR) is 71.5 cm³/mol. The maximum absolute atomic E-state index is 11.3. The summed E-state index contributed by atoms with van der Waals surface area (Å²) in [6.45, 7) is 5.47. The molecule has 0 bridgehead atoms. The number of allylic oxidation sites excluding steroid dienone is 3. The van der Waals surface area contributed by atoms with Gasteiger partial charge in [-0.15, -0.1) is 0 Å². The van der Waals surface area contributed by atoms with Crippen molar-refractivity contribution in [2.75, 3.05) is 0 Å². The Morgan fingerprint density at radius 2 is 1.70 bits per heavy atom. The van der Waals surface area contributed by atoms with E-state index in [4.69, 9.17) is 14.7 Å². The van der Waals surface area contributed by atoms with Gasteiger partial charge >= 0.3 is 21.6 Å². The van der Waals surface area contributed by atoms with Gasteiger partial charge in [-0.25, -0.2) is 13.9 Å². The Labute approximate surface area is 117 Å². The second-order valence-electron chi connectivity index (χ2n) is 4.26. The van der Waals surface area contributed by atoms with Crippen LogP contribution >= 0.6 is 15.6 Å². The number of hydrogen-bond donors (Lipinski definition) is 3. The number of carbonyl (C=O) groups is 1. The summed E-state index contributed by atoms with van der Waals surface area (Å²) in [5, 5.41) is 0. The average molecular weight is 328 g/mol. The van der Waals surface area contributed by atoms with Crippen LogP contribution in [0.2, 0.25) is 0 Å². The largest absolute Gasteiger partial charge is 0.538 e. The zero-order valence-corrected chi connectivity index (χ0v) is 13.1. The van der Waals surface area contributed by atoms with Crippen molar-refractivity contribution in [3.05, 3.63) is 23.3 Å². The molecule has 8 nitrogen and oxygen atoms in total. The zero-order valence-electron chi connectivity index (χ0n) is 11.3. The molecule has 0 aliphatic heterocycles. The van der Waals surface area contributed by atoms with Gasteiger partial charge in [0.25, 0.3) is 0 Å². The third-order valence-corrected chi connectivity index (χ3v) is 3.96. The van der Waals surface area contributed by atoms with Gasteiger partial charge in [-0.1, -0.05) is 17.2 Å². The number of hydrogen-bond acceptors (Lipinski definition) is 5. The summed E-state index contributed by atoms with van der Waals surface area (Å²) >= 11 is 0. The first-order chi connectivity index (χ1) is 8.91. The lowest BCUT2D eigenvalue weighted by atomic mass is 10.1. The van der Waals surface area contributed by atoms with Crippen LogP contribution in [-0.4, -0.2) is 20.6 Å². The molecule has 0 rings (SSSR count). The van der Waals surface area contributed by atoms with E-state index in [0.29, 0.717) is 18.4 Å². The summed E-state index contributed by atoms with van der Waals surface area (Å²) in [7, 11) is -10.4. The molecule has 0 aromatic heterocycles. The molecule has 0 aromatic carbocycles. The monoisotopic (exact) mass is 328 g/mol. The van der Waals surface area contributed by atoms with E-state index < -0.39 is 21.6 Å². The van der Waals surface area contributed by atoms with Crippen molar-refractivity contribution < 1.29 is 37.4 Å². The third-order valence-electron chi connectivity index (χ3n) is 1.87. The topological polar surface area (TPSA) is 130 Å². The van der Waals surface area contributed by atoms with Crippen molar-refractivity contribution in [3.8, 4) is 0 Å². The fraction of sp³-hybridized carbons (Fsp3) is 0.500. The van der Waals surface area contributed by atoms with Crippen molar-refractivity contribution in [3.63, 3.8) is 0 Å². The summed E-state index contributed by atoms with van der Waals surface area (Å²) in [5.41, 5.74) is 1.71. The summed E-state index contributed by atoms with van der Waals surface area (Å²) in [5.74, 6) is -1.21. The van der Waals surface area contributed by atoms with E-state index in [2.05, 4.69) is 8.83 Å². The van der Waals surface area contributed by atoms with Crippen LogP contribution in [0.5, 0.6) is 0 Å². The van der Waals surface area contributed by atoms with E-state index in [1.54, 1.807) is 6.92 Å². The molecule has 1 unspecified atom stereocenters. The van der Waals surface area contributed by atoms with Crippen molar-refractivity contribution in [2.45, 2.75) is 33.6 Å². The first-order valence-electron chi connectivity index (χ1n) is 5.55. The molecule has 1 atom stereocenters. The minimum absolute atomic E-state index is 0.537. The fourth-order valence-corrected chi connectivity index (χ4v) is 2.64. The van der Waals surface area contributed by atoms with Gasteiger partial charge in [0.1, 0.15) is 0 Å². The lowest BCUT2D eigenvalue weighted by Crippen LogP contribution is -2.01. The molecule has 0 amide bonds. The molecular weight excluding hydrogens is 310 g/mol. The Morgan fingerprint density at radius 3 is 2.15 bits per heavy atom. The highest BCUT2D eigenvalue weighted by molar-refractivity contribution is 7.61. The molecule has 0 aliphatic carbocycles. The molecule has 0 radical (unpaired) electrons. The Balaban J connectivity index is 4.51. The van der Waals surface area contributed by atoms with Crippen molar-refractivity contribution in [1.29, 1.82) is 0 Å². The lowest BCUT2D eigenvalue weighted by Gasteiger charge is -2.10. The minimum Gasteiger partial charge on any atom is -0.367 e. The Bertz CT molecular complexity index is 497. The number of rotatable bonds is 7. The fourth-order valence-electron chi connectivity index (χ4n) is 1.15. The van der Waals surface area contributed by atoms with E-state index in [-0.39, 0.29) is 0 Å². The molecule has 0 aromatic rings. The summed E-state index contributed by atoms with van der Waals surface area (Å²) in [6, 6.07) is 0. The van der Waals surface area contributed by atoms with Gasteiger partial charge in [-0.3, -0.25) is 4.89 Å². The third kappa shape index (κ3) is 11.1. The highest BCUT2D eigenvalue weighted by atomic mass is 31.3. The zero-order chi connectivity index (χ0) is 16.0. The van der Waals surface area contributed by atoms with Crippen LogP contribution < -0.4 is 0 Å². The number of carbonyl (C=O) groups excluding carboxylic acids is 1. The summed E-state index contributed by atoms with van der Waals surface area (Å²) < 4.78 is 28.9. The molecule has 0 fully saturated rings. The van der Waals surface area contributed by atoms with Crippen LogP contribution in [-0.2, 0) is 22.8 Å². The Hall–Kier alpha value is -0.750. The highest BCUT2D eigenvalue weighted by Crippen LogP contribution is 2.57. The van der Waals surface area contributed by atoms with Gasteiger partial charge in [0.15, 0.2) is 0 Å². The van der Waals surface area contributed by atoms with Gasteiger partial charge in [-0.05, 0) is 33.6 Å². The van der Waals surface area contributed by atoms with Gasteiger partial charge < -0.3 is 14.3 Å². The summed E-state index contributed by atoms with van der Waals surface area (Å²) in [4.78, 5) is 36.9. The normalized spacial score (nSPS) is 15.4. The first kappa shape index (κ1) is 19.2. The molecule has 0 heterocycles. The van der Waals surface area contributed by atoms with Gasteiger partial charge in [-0.2, -0.15) is 4.31 Å². The smallest absolute Gasteiger partial charge is 0.367 e. The van der Waals surface area contributed by atoms with Crippen LogP contribution in [0.3, 0.4) is 0 Å². The van der Waals surface area contributed by atoms with Crippen LogP contribution in [0.4, 0.5) is 0 Å². The molecule has 0 spiro atoms. The quantitative estimate of drug-likeness (QED) is 0.369. The summed E-state index contributed by atoms with van der Waals surface area (Å²) in [6.07, 6.45) is 4.14. The van der Waals surface area contributed by atoms with E-state index >= 15 is 0 Å². The second kappa shape index (κ2) is 7.88. The van der Waals surface area contributed by atoms with Crippen LogP contribution in [0.15, 0.2) is 23.3 Å². The minimum atomic E-state index is -5.23. The molecular formula is C10H18O8P2. The predicted octanol–water partition coefficient (Wildman–Crippen LogP) is 2.43. The number of phosphoric acid groups is 2. The van der Waals surface area contributed by atoms with Gasteiger partial charge in [0.05, 0.1) is 0 Å². The van der Waals surface area contributed by atoms with E-state index in [9.17, 15) is 13.9 Å². The van der Waals surface area contributed by atoms with E-state index in [0.717, 1.165) is 11.6 Å². The molecule has 20 heavy (non-hydrogen) atoms. The van der Waals surface area contributed by atoms with Crippen LogP contribution in [0.25, 0.3) is 0 Å². The van der Waals surface area contributed by atoms with Gasteiger partial charge in [0.2, 0.25) is 0 Å². The molecule has 0 aliphatic rings. The Morgan fingerprint density at radius 1 is 1.15 bits per heavy atom. The van der Waals surface area contributed by atoms with Crippen molar-refractivity contribution >= 4 is 21.6 Å². The standard InChI is InChI=1S/C10H18O8P2/c1-8(2)5-4-6-9(3)7-10(11)17-20(15,16)18-19(12,13)14/h5,7H,4,6H2,1-3H3,(H,15,16)(H2,12,13,14)/b9-7+. The van der Waals surface area contributed by atoms with Crippen LogP contribution in [0.1, 0.15) is 33.6 Å². The second-order valence-corrected chi connectivity index (χ2v) is 7.02. The Kier molecular flexibility index (Phi) is 7.59. The highest BCUT2D eigenvalue weighted by Gasteiger charge is 2.35. The molecule has 0 saturated carbocycles. The molecule has 0 saturated heterocycles.